The highest BCUT2D eigenvalue weighted by molar-refractivity contribution is 6.07. The summed E-state index contributed by atoms with van der Waals surface area (Å²) in [6, 6.07) is 10.7. The van der Waals surface area contributed by atoms with Crippen molar-refractivity contribution < 1.29 is 19.2 Å². The number of amides is 1. The Hall–Kier alpha value is -3.13. The number of anilines is 1. The molecule has 4 atom stereocenters. The lowest BCUT2D eigenvalue weighted by Gasteiger charge is -2.26. The van der Waals surface area contributed by atoms with E-state index in [1.165, 1.54) is 14.2 Å². The third-order valence-electron chi connectivity index (χ3n) is 5.76. The topological polar surface area (TPSA) is 103 Å². The van der Waals surface area contributed by atoms with E-state index < -0.39 is 23.4 Å². The maximum Gasteiger partial charge on any atom is 0.256 e. The highest BCUT2D eigenvalue weighted by atomic mass is 16.6. The summed E-state index contributed by atoms with van der Waals surface area (Å²) in [6.45, 7) is 1.85. The van der Waals surface area contributed by atoms with Gasteiger partial charge in [-0.2, -0.15) is 0 Å². The fourth-order valence-corrected chi connectivity index (χ4v) is 4.62. The number of ether oxygens (including phenoxy) is 2. The van der Waals surface area contributed by atoms with Crippen molar-refractivity contribution in [2.24, 2.45) is 0 Å². The molecule has 1 fully saturated rings. The monoisotopic (exact) mass is 383 g/mol. The van der Waals surface area contributed by atoms with E-state index in [1.54, 1.807) is 42.5 Å². The molecule has 2 aliphatic heterocycles. The molecule has 8 heteroatoms. The number of carbonyl (C=O) groups is 1. The Morgan fingerprint density at radius 3 is 2.57 bits per heavy atom. The first-order valence-corrected chi connectivity index (χ1v) is 8.98. The molecule has 4 rings (SSSR count). The van der Waals surface area contributed by atoms with E-state index in [0.717, 1.165) is 0 Å². The largest absolute Gasteiger partial charge is 0.497 e. The second kappa shape index (κ2) is 6.49. The van der Waals surface area contributed by atoms with Crippen LogP contribution in [0.4, 0.5) is 5.69 Å². The molecular formula is C20H21N3O5. The number of hydrogen-bond acceptors (Lipinski definition) is 6. The van der Waals surface area contributed by atoms with Crippen LogP contribution in [0.25, 0.3) is 0 Å². The van der Waals surface area contributed by atoms with Gasteiger partial charge in [0, 0.05) is 27.8 Å². The summed E-state index contributed by atoms with van der Waals surface area (Å²) in [5.41, 5.74) is 0.381. The average Bonchev–Trinajstić information content (AvgIpc) is 3.15. The lowest BCUT2D eigenvalue weighted by atomic mass is 9.78. The number of methoxy groups -OCH3 is 2. The molecule has 2 heterocycles. The summed E-state index contributed by atoms with van der Waals surface area (Å²) in [6.07, 6.45) is 0. The van der Waals surface area contributed by atoms with Crippen molar-refractivity contribution in [2.45, 2.75) is 30.5 Å². The molecule has 2 aliphatic rings. The predicted octanol–water partition coefficient (Wildman–Crippen LogP) is 2.27. The zero-order valence-electron chi connectivity index (χ0n) is 15.8. The van der Waals surface area contributed by atoms with Crippen molar-refractivity contribution in [1.29, 1.82) is 0 Å². The molecule has 0 bridgehead atoms. The fourth-order valence-electron chi connectivity index (χ4n) is 4.62. The molecule has 2 aromatic carbocycles. The highest BCUT2D eigenvalue weighted by Crippen LogP contribution is 2.51. The number of fused-ring (bicyclic) bond motifs is 2. The van der Waals surface area contributed by atoms with E-state index in [-0.39, 0.29) is 11.0 Å². The van der Waals surface area contributed by atoms with Gasteiger partial charge < -0.3 is 14.8 Å². The summed E-state index contributed by atoms with van der Waals surface area (Å²) in [5, 5.41) is 18.4. The Balaban J connectivity index is 1.92. The average molecular weight is 383 g/mol. The number of benzene rings is 2. The maximum atomic E-state index is 13.0. The third kappa shape index (κ3) is 2.37. The zero-order valence-corrected chi connectivity index (χ0v) is 15.8. The molecular weight excluding hydrogens is 362 g/mol. The van der Waals surface area contributed by atoms with Crippen LogP contribution in [0.1, 0.15) is 24.0 Å². The third-order valence-corrected chi connectivity index (χ3v) is 5.76. The number of hydrogen-bond donors (Lipinski definition) is 2. The number of para-hydroxylation sites is 1. The van der Waals surface area contributed by atoms with E-state index in [0.29, 0.717) is 28.3 Å². The molecule has 0 radical (unpaired) electrons. The van der Waals surface area contributed by atoms with Crippen LogP contribution < -0.4 is 20.1 Å². The van der Waals surface area contributed by atoms with Crippen molar-refractivity contribution in [1.82, 2.24) is 5.32 Å². The molecule has 8 nitrogen and oxygen atoms in total. The van der Waals surface area contributed by atoms with Gasteiger partial charge in [-0.1, -0.05) is 18.2 Å². The van der Waals surface area contributed by atoms with E-state index in [4.69, 9.17) is 9.47 Å². The molecule has 2 aromatic rings. The van der Waals surface area contributed by atoms with Gasteiger partial charge in [0.25, 0.3) is 11.9 Å². The Labute approximate surface area is 162 Å². The second-order valence-corrected chi connectivity index (χ2v) is 7.10. The molecule has 0 aromatic heterocycles. The summed E-state index contributed by atoms with van der Waals surface area (Å²) in [7, 11) is 3.06. The van der Waals surface area contributed by atoms with Gasteiger partial charge in [0.1, 0.15) is 11.5 Å². The standard InChI is InChI=1S/C20H21N3O5/c1-11-17(13-10-12(27-2)8-9-16(13)28-3)18(23(25)26)20(22-11)14-6-4-5-7-15(14)21-19(20)24/h4-11,17-18,22H,1-3H3,(H,21,24)/t11-,17-,18+,20-/m0/s1. The van der Waals surface area contributed by atoms with Crippen LogP contribution in [0.5, 0.6) is 11.5 Å². The Morgan fingerprint density at radius 1 is 1.14 bits per heavy atom. The molecule has 1 spiro atoms. The Morgan fingerprint density at radius 2 is 1.89 bits per heavy atom. The second-order valence-electron chi connectivity index (χ2n) is 7.10. The van der Waals surface area contributed by atoms with E-state index in [2.05, 4.69) is 10.6 Å². The lowest BCUT2D eigenvalue weighted by molar-refractivity contribution is -0.532. The van der Waals surface area contributed by atoms with Crippen LogP contribution in [-0.4, -0.2) is 37.1 Å². The van der Waals surface area contributed by atoms with Crippen molar-refractivity contribution in [3.63, 3.8) is 0 Å². The summed E-state index contributed by atoms with van der Waals surface area (Å²) >= 11 is 0. The lowest BCUT2D eigenvalue weighted by Crippen LogP contribution is -2.54. The summed E-state index contributed by atoms with van der Waals surface area (Å²) in [4.78, 5) is 25.0. The number of rotatable bonds is 4. The van der Waals surface area contributed by atoms with Gasteiger partial charge in [0.15, 0.2) is 5.54 Å². The molecule has 0 aliphatic carbocycles. The first-order valence-electron chi connectivity index (χ1n) is 8.98. The van der Waals surface area contributed by atoms with Gasteiger partial charge in [-0.25, -0.2) is 0 Å². The van der Waals surface area contributed by atoms with Gasteiger partial charge >= 0.3 is 0 Å². The minimum Gasteiger partial charge on any atom is -0.497 e. The van der Waals surface area contributed by atoms with Crippen LogP contribution in [0.2, 0.25) is 0 Å². The van der Waals surface area contributed by atoms with Crippen molar-refractivity contribution in [3.8, 4) is 11.5 Å². The van der Waals surface area contributed by atoms with Gasteiger partial charge in [-0.15, -0.1) is 0 Å². The molecule has 28 heavy (non-hydrogen) atoms. The number of nitrogens with zero attached hydrogens (tertiary/aromatic N) is 1. The molecule has 1 saturated heterocycles. The smallest absolute Gasteiger partial charge is 0.256 e. The molecule has 1 amide bonds. The Bertz CT molecular complexity index is 963. The predicted molar refractivity (Wildman–Crippen MR) is 102 cm³/mol. The van der Waals surface area contributed by atoms with Crippen molar-refractivity contribution in [3.05, 3.63) is 63.7 Å². The van der Waals surface area contributed by atoms with Gasteiger partial charge in [0.2, 0.25) is 0 Å². The summed E-state index contributed by atoms with van der Waals surface area (Å²) < 4.78 is 10.8. The normalized spacial score (nSPS) is 28.1. The number of carbonyl (C=O) groups excluding carboxylic acids is 1. The van der Waals surface area contributed by atoms with Crippen LogP contribution in [0.3, 0.4) is 0 Å². The zero-order chi connectivity index (χ0) is 20.1. The molecule has 2 N–H and O–H groups in total. The fraction of sp³-hybridized carbons (Fsp3) is 0.350. The van der Waals surface area contributed by atoms with Crippen LogP contribution in [0.15, 0.2) is 42.5 Å². The molecule has 0 unspecified atom stereocenters. The summed E-state index contributed by atoms with van der Waals surface area (Å²) in [5.74, 6) is 0.0842. The number of nitro groups is 1. The SMILES string of the molecule is COc1ccc(OC)c([C@@H]2[C@H](C)N[C@]3(C(=O)Nc4ccccc43)[C@@H]2[N+](=O)[O-])c1. The van der Waals surface area contributed by atoms with Crippen molar-refractivity contribution >= 4 is 11.6 Å². The minimum absolute atomic E-state index is 0.353. The first kappa shape index (κ1) is 18.2. The molecule has 0 saturated carbocycles. The first-order chi connectivity index (χ1) is 13.4. The number of nitrogens with one attached hydrogen (secondary N) is 2. The van der Waals surface area contributed by atoms with Crippen molar-refractivity contribution in [2.75, 3.05) is 19.5 Å². The van der Waals surface area contributed by atoms with Crippen LogP contribution >= 0.6 is 0 Å². The van der Waals surface area contributed by atoms with E-state index in [9.17, 15) is 14.9 Å². The minimum atomic E-state index is -1.45. The quantitative estimate of drug-likeness (QED) is 0.620. The molecule has 146 valence electrons. The maximum absolute atomic E-state index is 13.0. The van der Waals surface area contributed by atoms with E-state index in [1.807, 2.05) is 6.92 Å². The van der Waals surface area contributed by atoms with Crippen LogP contribution in [-0.2, 0) is 10.3 Å². The highest BCUT2D eigenvalue weighted by Gasteiger charge is 2.68. The Kier molecular flexibility index (Phi) is 4.23. The van der Waals surface area contributed by atoms with Gasteiger partial charge in [0.05, 0.1) is 20.1 Å². The van der Waals surface area contributed by atoms with Gasteiger partial charge in [-0.3, -0.25) is 20.2 Å². The van der Waals surface area contributed by atoms with E-state index >= 15 is 0 Å². The van der Waals surface area contributed by atoms with Gasteiger partial charge in [-0.05, 0) is 31.2 Å². The van der Waals surface area contributed by atoms with Crippen LogP contribution in [0, 0.1) is 10.1 Å².